The van der Waals surface area contributed by atoms with E-state index in [1.165, 1.54) is 16.5 Å². The van der Waals surface area contributed by atoms with Crippen molar-refractivity contribution < 1.29 is 4.79 Å². The van der Waals surface area contributed by atoms with E-state index in [0.717, 1.165) is 36.8 Å². The fourth-order valence-electron chi connectivity index (χ4n) is 3.09. The molecule has 0 fully saturated rings. The summed E-state index contributed by atoms with van der Waals surface area (Å²) in [6, 6.07) is 10.5. The van der Waals surface area contributed by atoms with E-state index in [1.807, 2.05) is 12.1 Å². The van der Waals surface area contributed by atoms with Gasteiger partial charge in [-0.05, 0) is 54.4 Å². The van der Waals surface area contributed by atoms with Crippen LogP contribution in [0.3, 0.4) is 0 Å². The van der Waals surface area contributed by atoms with Gasteiger partial charge in [-0.15, -0.1) is 11.3 Å². The molecule has 0 saturated carbocycles. The summed E-state index contributed by atoms with van der Waals surface area (Å²) in [4.78, 5) is 13.5. The van der Waals surface area contributed by atoms with Gasteiger partial charge in [-0.25, -0.2) is 0 Å². The van der Waals surface area contributed by atoms with E-state index in [0.29, 0.717) is 16.5 Å². The van der Waals surface area contributed by atoms with Crippen LogP contribution in [0, 0.1) is 11.3 Å². The van der Waals surface area contributed by atoms with Gasteiger partial charge in [0.25, 0.3) is 0 Å². The van der Waals surface area contributed by atoms with E-state index in [1.54, 1.807) is 17.4 Å². The van der Waals surface area contributed by atoms with Gasteiger partial charge in [0.05, 0.1) is 5.56 Å². The summed E-state index contributed by atoms with van der Waals surface area (Å²) >= 11 is 1.55. The summed E-state index contributed by atoms with van der Waals surface area (Å²) in [7, 11) is 0. The second-order valence-electron chi connectivity index (χ2n) is 6.67. The Balaban J connectivity index is 1.70. The Hall–Kier alpha value is -2.38. The Bertz CT molecular complexity index is 838. The normalized spacial score (nSPS) is 13.7. The van der Waals surface area contributed by atoms with Crippen molar-refractivity contribution in [2.24, 2.45) is 0 Å². The van der Waals surface area contributed by atoms with Crippen LogP contribution in [0.15, 0.2) is 30.3 Å². The molecule has 128 valence electrons. The van der Waals surface area contributed by atoms with Gasteiger partial charge < -0.3 is 5.32 Å². The van der Waals surface area contributed by atoms with Gasteiger partial charge in [-0.1, -0.05) is 38.1 Å². The van der Waals surface area contributed by atoms with Crippen molar-refractivity contribution in [2.45, 2.75) is 45.4 Å². The van der Waals surface area contributed by atoms with Crippen molar-refractivity contribution in [3.8, 4) is 6.07 Å². The number of amides is 1. The van der Waals surface area contributed by atoms with E-state index < -0.39 is 0 Å². The van der Waals surface area contributed by atoms with Gasteiger partial charge in [0.1, 0.15) is 11.1 Å². The summed E-state index contributed by atoms with van der Waals surface area (Å²) in [6.07, 6.45) is 7.59. The fourth-order valence-corrected chi connectivity index (χ4v) is 4.33. The lowest BCUT2D eigenvalue weighted by molar-refractivity contribution is -0.111. The van der Waals surface area contributed by atoms with E-state index in [-0.39, 0.29) is 5.91 Å². The zero-order valence-corrected chi connectivity index (χ0v) is 15.5. The second-order valence-corrected chi connectivity index (χ2v) is 7.78. The Kier molecular flexibility index (Phi) is 5.35. The van der Waals surface area contributed by atoms with Gasteiger partial charge in [-0.3, -0.25) is 4.79 Å². The molecule has 1 aliphatic rings. The standard InChI is InChI=1S/C21H22N2OS/c1-14(2)16-10-7-15(8-11-16)9-12-20(24)23-21-18(13-22)17-5-3-4-6-19(17)25-21/h7-12,14H,3-6H2,1-2H3,(H,23,24). The number of rotatable bonds is 4. The summed E-state index contributed by atoms with van der Waals surface area (Å²) < 4.78 is 0. The first kappa shape index (κ1) is 17.4. The molecule has 0 bridgehead atoms. The molecule has 1 aromatic heterocycles. The Morgan fingerprint density at radius 2 is 1.96 bits per heavy atom. The maximum atomic E-state index is 12.2. The SMILES string of the molecule is CC(C)c1ccc(C=CC(=O)Nc2sc3c(c2C#N)CCCC3)cc1. The molecule has 0 spiro atoms. The maximum Gasteiger partial charge on any atom is 0.249 e. The highest BCUT2D eigenvalue weighted by Crippen LogP contribution is 2.37. The van der Waals surface area contributed by atoms with E-state index >= 15 is 0 Å². The molecule has 1 amide bonds. The van der Waals surface area contributed by atoms with Crippen LogP contribution in [0.2, 0.25) is 0 Å². The van der Waals surface area contributed by atoms with Crippen LogP contribution in [-0.2, 0) is 17.6 Å². The van der Waals surface area contributed by atoms with Crippen LogP contribution in [0.25, 0.3) is 6.08 Å². The first-order chi connectivity index (χ1) is 12.1. The van der Waals surface area contributed by atoms with Crippen molar-refractivity contribution in [1.82, 2.24) is 0 Å². The van der Waals surface area contributed by atoms with E-state index in [2.05, 4.69) is 37.4 Å². The number of hydrogen-bond donors (Lipinski definition) is 1. The molecular formula is C21H22N2OS. The number of anilines is 1. The van der Waals surface area contributed by atoms with Crippen LogP contribution in [0.4, 0.5) is 5.00 Å². The molecule has 0 radical (unpaired) electrons. The molecule has 0 atom stereocenters. The minimum absolute atomic E-state index is 0.192. The fraction of sp³-hybridized carbons (Fsp3) is 0.333. The zero-order chi connectivity index (χ0) is 17.8. The van der Waals surface area contributed by atoms with Gasteiger partial charge in [0, 0.05) is 11.0 Å². The molecule has 3 rings (SSSR count). The Morgan fingerprint density at radius 1 is 1.24 bits per heavy atom. The van der Waals surface area contributed by atoms with Crippen molar-refractivity contribution in [1.29, 1.82) is 5.26 Å². The van der Waals surface area contributed by atoms with Crippen LogP contribution >= 0.6 is 11.3 Å². The average molecular weight is 350 g/mol. The summed E-state index contributed by atoms with van der Waals surface area (Å²) in [5, 5.41) is 13.0. The van der Waals surface area contributed by atoms with Gasteiger partial charge in [0.15, 0.2) is 0 Å². The van der Waals surface area contributed by atoms with E-state index in [4.69, 9.17) is 0 Å². The number of nitrogens with zero attached hydrogens (tertiary/aromatic N) is 1. The van der Waals surface area contributed by atoms with Crippen LogP contribution in [0.5, 0.6) is 0 Å². The number of carbonyl (C=O) groups is 1. The Morgan fingerprint density at radius 3 is 2.64 bits per heavy atom. The van der Waals surface area contributed by atoms with Gasteiger partial charge in [0.2, 0.25) is 5.91 Å². The molecule has 25 heavy (non-hydrogen) atoms. The number of aryl methyl sites for hydroxylation is 1. The number of nitriles is 1. The average Bonchev–Trinajstić information content (AvgIpc) is 2.97. The molecule has 1 aliphatic carbocycles. The highest BCUT2D eigenvalue weighted by Gasteiger charge is 2.21. The lowest BCUT2D eigenvalue weighted by Gasteiger charge is -2.09. The van der Waals surface area contributed by atoms with Crippen molar-refractivity contribution in [3.63, 3.8) is 0 Å². The smallest absolute Gasteiger partial charge is 0.249 e. The summed E-state index contributed by atoms with van der Waals surface area (Å²) in [5.74, 6) is 0.304. The van der Waals surface area contributed by atoms with Crippen LogP contribution in [-0.4, -0.2) is 5.91 Å². The number of nitrogens with one attached hydrogen (secondary N) is 1. The van der Waals surface area contributed by atoms with Crippen molar-refractivity contribution >= 4 is 28.3 Å². The zero-order valence-electron chi connectivity index (χ0n) is 14.6. The second kappa shape index (κ2) is 7.67. The minimum Gasteiger partial charge on any atom is -0.313 e. The summed E-state index contributed by atoms with van der Waals surface area (Å²) in [5.41, 5.74) is 4.07. The third-order valence-corrected chi connectivity index (χ3v) is 5.76. The van der Waals surface area contributed by atoms with Crippen molar-refractivity contribution in [2.75, 3.05) is 5.32 Å². The number of hydrogen-bond acceptors (Lipinski definition) is 3. The number of thiophene rings is 1. The summed E-state index contributed by atoms with van der Waals surface area (Å²) in [6.45, 7) is 4.32. The molecule has 1 aromatic carbocycles. The van der Waals surface area contributed by atoms with Gasteiger partial charge in [-0.2, -0.15) is 5.26 Å². The molecule has 0 unspecified atom stereocenters. The Labute approximate surface area is 153 Å². The monoisotopic (exact) mass is 350 g/mol. The predicted octanol–water partition coefficient (Wildman–Crippen LogP) is 5.27. The molecular weight excluding hydrogens is 328 g/mol. The van der Waals surface area contributed by atoms with Crippen LogP contribution in [0.1, 0.15) is 59.7 Å². The first-order valence-corrected chi connectivity index (χ1v) is 9.54. The number of carbonyl (C=O) groups excluding carboxylic acids is 1. The molecule has 1 N–H and O–H groups in total. The number of benzene rings is 1. The van der Waals surface area contributed by atoms with Crippen LogP contribution < -0.4 is 5.32 Å². The molecule has 0 saturated heterocycles. The molecule has 4 heteroatoms. The topological polar surface area (TPSA) is 52.9 Å². The lowest BCUT2D eigenvalue weighted by Crippen LogP contribution is -2.07. The minimum atomic E-state index is -0.192. The third-order valence-electron chi connectivity index (χ3n) is 4.55. The highest BCUT2D eigenvalue weighted by atomic mass is 32.1. The molecule has 3 nitrogen and oxygen atoms in total. The van der Waals surface area contributed by atoms with Gasteiger partial charge >= 0.3 is 0 Å². The quantitative estimate of drug-likeness (QED) is 0.763. The maximum absolute atomic E-state index is 12.2. The number of fused-ring (bicyclic) bond motifs is 1. The molecule has 2 aromatic rings. The van der Waals surface area contributed by atoms with E-state index in [9.17, 15) is 10.1 Å². The first-order valence-electron chi connectivity index (χ1n) is 8.72. The highest BCUT2D eigenvalue weighted by molar-refractivity contribution is 7.16. The molecule has 1 heterocycles. The lowest BCUT2D eigenvalue weighted by atomic mass is 9.96. The third kappa shape index (κ3) is 4.00. The van der Waals surface area contributed by atoms with Crippen molar-refractivity contribution in [3.05, 3.63) is 57.5 Å². The predicted molar refractivity (Wildman–Crippen MR) is 104 cm³/mol. The largest absolute Gasteiger partial charge is 0.313 e. The molecule has 0 aliphatic heterocycles.